The summed E-state index contributed by atoms with van der Waals surface area (Å²) >= 11 is 19.9. The third-order valence-corrected chi connectivity index (χ3v) is 8.38. The molecule has 0 saturated heterocycles. The van der Waals surface area contributed by atoms with Crippen LogP contribution < -0.4 is 0 Å². The lowest BCUT2D eigenvalue weighted by atomic mass is 9.78. The van der Waals surface area contributed by atoms with E-state index in [-0.39, 0.29) is 0 Å². The Morgan fingerprint density at radius 3 is 1.49 bits per heavy atom. The number of fused-ring (bicyclic) bond motifs is 2. The average molecular weight is 543 g/mol. The molecule has 0 atom stereocenters. The molecule has 0 radical (unpaired) electrons. The highest BCUT2D eigenvalue weighted by molar-refractivity contribution is 6.33. The average Bonchev–Trinajstić information content (AvgIpc) is 2.91. The van der Waals surface area contributed by atoms with Crippen LogP contribution in [0.15, 0.2) is 72.8 Å². The van der Waals surface area contributed by atoms with Crippen molar-refractivity contribution in [2.75, 3.05) is 0 Å². The molecule has 1 aromatic heterocycles. The molecule has 0 amide bonds. The summed E-state index contributed by atoms with van der Waals surface area (Å²) in [6, 6.07) is 24.2. The van der Waals surface area contributed by atoms with Crippen LogP contribution in [0, 0.1) is 0 Å². The van der Waals surface area contributed by atoms with Gasteiger partial charge in [-0.25, -0.2) is 4.98 Å². The summed E-state index contributed by atoms with van der Waals surface area (Å²) in [5.74, 6) is 0. The second-order valence-electron chi connectivity index (χ2n) is 9.71. The van der Waals surface area contributed by atoms with E-state index < -0.39 is 0 Å². The lowest BCUT2D eigenvalue weighted by molar-refractivity contribution is 0.778. The van der Waals surface area contributed by atoms with Crippen LogP contribution >= 0.6 is 34.8 Å². The zero-order valence-electron chi connectivity index (χ0n) is 20.4. The predicted molar refractivity (Wildman–Crippen MR) is 159 cm³/mol. The van der Waals surface area contributed by atoms with E-state index in [0.717, 1.165) is 81.7 Å². The van der Waals surface area contributed by atoms with Gasteiger partial charge in [-0.15, -0.1) is 0 Å². The number of hydrogen-bond acceptors (Lipinski definition) is 1. The molecule has 4 heteroatoms. The molecular formula is C33H26Cl3N. The second kappa shape index (κ2) is 10.5. The first kappa shape index (κ1) is 24.5. The predicted octanol–water partition coefficient (Wildman–Crippen LogP) is 10.5. The second-order valence-corrected chi connectivity index (χ2v) is 10.9. The summed E-state index contributed by atoms with van der Waals surface area (Å²) in [5, 5.41) is 2.29. The van der Waals surface area contributed by atoms with Crippen molar-refractivity contribution in [3.8, 4) is 11.1 Å². The minimum Gasteiger partial charge on any atom is -0.248 e. The molecule has 4 aromatic rings. The van der Waals surface area contributed by atoms with Gasteiger partial charge < -0.3 is 0 Å². The van der Waals surface area contributed by atoms with Crippen LogP contribution in [-0.2, 0) is 12.8 Å². The maximum absolute atomic E-state index is 6.83. The summed E-state index contributed by atoms with van der Waals surface area (Å²) in [6.45, 7) is 0. The topological polar surface area (TPSA) is 12.9 Å². The van der Waals surface area contributed by atoms with Crippen LogP contribution in [0.1, 0.15) is 59.3 Å². The fourth-order valence-corrected chi connectivity index (χ4v) is 6.27. The standard InChI is InChI=1S/C33H26Cl3N/c34-28-16-4-1-9-21(28)19-23-11-7-14-26-31(25-13-3-6-18-30(25)36)27-15-8-12-24(33(27)37-32(23)26)20-22-10-2-5-17-29(22)35/h1-6,9-10,13,16-20H,7-8,11-12,14-15H2/b23-19+,24-20+. The molecule has 0 aliphatic heterocycles. The Kier molecular flexibility index (Phi) is 6.95. The van der Waals surface area contributed by atoms with Gasteiger partial charge in [0, 0.05) is 20.6 Å². The molecule has 0 saturated carbocycles. The van der Waals surface area contributed by atoms with Crippen molar-refractivity contribution in [1.82, 2.24) is 4.98 Å². The smallest absolute Gasteiger partial charge is 0.0707 e. The minimum absolute atomic E-state index is 0.755. The molecule has 184 valence electrons. The van der Waals surface area contributed by atoms with E-state index in [9.17, 15) is 0 Å². The first-order chi connectivity index (χ1) is 18.1. The third-order valence-electron chi connectivity index (χ3n) is 7.37. The largest absolute Gasteiger partial charge is 0.248 e. The van der Waals surface area contributed by atoms with Crippen LogP contribution in [0.5, 0.6) is 0 Å². The van der Waals surface area contributed by atoms with Crippen LogP contribution in [-0.4, -0.2) is 4.98 Å². The maximum Gasteiger partial charge on any atom is 0.0707 e. The lowest BCUT2D eigenvalue weighted by Gasteiger charge is -2.29. The zero-order chi connectivity index (χ0) is 25.4. The quantitative estimate of drug-likeness (QED) is 0.251. The summed E-state index contributed by atoms with van der Waals surface area (Å²) in [6.07, 6.45) is 10.5. The Morgan fingerprint density at radius 2 is 1.00 bits per heavy atom. The van der Waals surface area contributed by atoms with Gasteiger partial charge in [-0.3, -0.25) is 0 Å². The van der Waals surface area contributed by atoms with Crippen molar-refractivity contribution >= 4 is 58.1 Å². The molecule has 1 nitrogen and oxygen atoms in total. The highest BCUT2D eigenvalue weighted by Gasteiger charge is 2.29. The number of halogens is 3. The molecule has 1 heterocycles. The van der Waals surface area contributed by atoms with Crippen LogP contribution in [0.2, 0.25) is 15.1 Å². The summed E-state index contributed by atoms with van der Waals surface area (Å²) in [7, 11) is 0. The summed E-state index contributed by atoms with van der Waals surface area (Å²) in [5.41, 5.74) is 11.6. The molecule has 2 aliphatic carbocycles. The van der Waals surface area contributed by atoms with E-state index in [1.807, 2.05) is 48.5 Å². The Hall–Kier alpha value is -2.84. The number of rotatable bonds is 3. The first-order valence-electron chi connectivity index (χ1n) is 12.8. The highest BCUT2D eigenvalue weighted by atomic mass is 35.5. The van der Waals surface area contributed by atoms with E-state index in [4.69, 9.17) is 39.8 Å². The van der Waals surface area contributed by atoms with Crippen molar-refractivity contribution in [1.29, 1.82) is 0 Å². The van der Waals surface area contributed by atoms with Crippen LogP contribution in [0.4, 0.5) is 0 Å². The van der Waals surface area contributed by atoms with Gasteiger partial charge in [0.05, 0.1) is 11.4 Å². The normalized spacial score (nSPS) is 17.1. The monoisotopic (exact) mass is 541 g/mol. The molecule has 37 heavy (non-hydrogen) atoms. The molecular weight excluding hydrogens is 517 g/mol. The van der Waals surface area contributed by atoms with Gasteiger partial charge in [0.15, 0.2) is 0 Å². The van der Waals surface area contributed by atoms with Gasteiger partial charge in [0.2, 0.25) is 0 Å². The van der Waals surface area contributed by atoms with E-state index in [1.54, 1.807) is 0 Å². The number of benzene rings is 3. The number of hydrogen-bond donors (Lipinski definition) is 0. The first-order valence-corrected chi connectivity index (χ1v) is 13.9. The van der Waals surface area contributed by atoms with Gasteiger partial charge >= 0.3 is 0 Å². The number of allylic oxidation sites excluding steroid dienone is 2. The SMILES string of the molecule is Clc1ccccc1/C=C1\CCCc2c1nc1c(c2-c2ccccc2Cl)CCC/C1=C\c1ccccc1Cl. The fraction of sp³-hybridized carbons (Fsp3) is 0.182. The fourth-order valence-electron chi connectivity index (χ4n) is 5.66. The van der Waals surface area contributed by atoms with Crippen molar-refractivity contribution in [2.24, 2.45) is 0 Å². The van der Waals surface area contributed by atoms with Crippen molar-refractivity contribution in [3.63, 3.8) is 0 Å². The van der Waals surface area contributed by atoms with Crippen molar-refractivity contribution < 1.29 is 0 Å². The van der Waals surface area contributed by atoms with Gasteiger partial charge in [0.1, 0.15) is 0 Å². The van der Waals surface area contributed by atoms with Gasteiger partial charge in [-0.1, -0.05) is 89.4 Å². The third kappa shape index (κ3) is 4.77. The number of pyridine rings is 1. The molecule has 0 bridgehead atoms. The Balaban J connectivity index is 1.63. The van der Waals surface area contributed by atoms with Crippen LogP contribution in [0.3, 0.4) is 0 Å². The molecule has 0 unspecified atom stereocenters. The molecule has 0 spiro atoms. The highest BCUT2D eigenvalue weighted by Crippen LogP contribution is 2.46. The number of aromatic nitrogens is 1. The van der Waals surface area contributed by atoms with Crippen molar-refractivity contribution in [3.05, 3.63) is 122 Å². The van der Waals surface area contributed by atoms with Gasteiger partial charge in [-0.2, -0.15) is 0 Å². The summed E-state index contributed by atoms with van der Waals surface area (Å²) in [4.78, 5) is 5.42. The molecule has 6 rings (SSSR count). The minimum atomic E-state index is 0.755. The Labute approximate surface area is 233 Å². The van der Waals surface area contributed by atoms with E-state index in [2.05, 4.69) is 36.4 Å². The van der Waals surface area contributed by atoms with Gasteiger partial charge in [-0.05, 0) is 108 Å². The van der Waals surface area contributed by atoms with Gasteiger partial charge in [0.25, 0.3) is 0 Å². The molecule has 0 N–H and O–H groups in total. The summed E-state index contributed by atoms with van der Waals surface area (Å²) < 4.78 is 0. The molecule has 2 aliphatic rings. The van der Waals surface area contributed by atoms with E-state index in [0.29, 0.717) is 0 Å². The van der Waals surface area contributed by atoms with E-state index >= 15 is 0 Å². The maximum atomic E-state index is 6.83. The Bertz CT molecular complexity index is 1470. The molecule has 3 aromatic carbocycles. The lowest BCUT2D eigenvalue weighted by Crippen LogP contribution is -2.15. The Morgan fingerprint density at radius 1 is 0.541 bits per heavy atom. The van der Waals surface area contributed by atoms with Crippen molar-refractivity contribution in [2.45, 2.75) is 38.5 Å². The molecule has 0 fully saturated rings. The zero-order valence-corrected chi connectivity index (χ0v) is 22.7. The number of nitrogens with zero attached hydrogens (tertiary/aromatic N) is 1. The van der Waals surface area contributed by atoms with E-state index in [1.165, 1.54) is 27.8 Å². The van der Waals surface area contributed by atoms with Crippen LogP contribution in [0.25, 0.3) is 34.4 Å².